The summed E-state index contributed by atoms with van der Waals surface area (Å²) in [6.45, 7) is 8.04. The van der Waals surface area contributed by atoms with Crippen molar-refractivity contribution in [2.24, 2.45) is 0 Å². The minimum absolute atomic E-state index is 0.105. The average molecular weight is 361 g/mol. The number of methoxy groups -OCH3 is 2. The van der Waals surface area contributed by atoms with Crippen molar-refractivity contribution in [2.75, 3.05) is 20.8 Å². The lowest BCUT2D eigenvalue weighted by atomic mass is 10.2. The van der Waals surface area contributed by atoms with Crippen LogP contribution in [0.4, 0.5) is 4.79 Å². The molecule has 3 atom stereocenters. The summed E-state index contributed by atoms with van der Waals surface area (Å²) in [6, 6.07) is -0.107. The fourth-order valence-corrected chi connectivity index (χ4v) is 3.20. The molecule has 0 aromatic carbocycles. The van der Waals surface area contributed by atoms with Gasteiger partial charge in [-0.2, -0.15) is 0 Å². The number of esters is 2. The molecular weight excluding hydrogens is 334 g/mol. The Kier molecular flexibility index (Phi) is 7.21. The second-order valence-corrected chi connectivity index (χ2v) is 12.5. The molecule has 1 rings (SSSR count). The van der Waals surface area contributed by atoms with E-state index in [1.54, 1.807) is 0 Å². The number of hydrogen-bond acceptors (Lipinski definition) is 7. The quantitative estimate of drug-likeness (QED) is 0.403. The molecule has 1 saturated heterocycles. The molecular formula is C15H27NO7Si. The summed E-state index contributed by atoms with van der Waals surface area (Å²) in [7, 11) is 1.25. The first kappa shape index (κ1) is 20.4. The molecule has 1 amide bonds. The van der Waals surface area contributed by atoms with Gasteiger partial charge in [0.05, 0.1) is 13.7 Å². The first-order chi connectivity index (χ1) is 11.1. The lowest BCUT2D eigenvalue weighted by Crippen LogP contribution is -2.48. The zero-order chi connectivity index (χ0) is 18.5. The molecule has 1 aliphatic rings. The van der Waals surface area contributed by atoms with Crippen LogP contribution in [0.15, 0.2) is 0 Å². The highest BCUT2D eigenvalue weighted by atomic mass is 28.3. The van der Waals surface area contributed by atoms with Crippen LogP contribution in [0.2, 0.25) is 25.7 Å². The van der Waals surface area contributed by atoms with Crippen LogP contribution >= 0.6 is 0 Å². The second kappa shape index (κ2) is 8.47. The van der Waals surface area contributed by atoms with Crippen molar-refractivity contribution < 1.29 is 33.3 Å². The van der Waals surface area contributed by atoms with Gasteiger partial charge in [-0.25, -0.2) is 9.59 Å². The molecule has 0 radical (unpaired) electrons. The second-order valence-electron chi connectivity index (χ2n) is 6.88. The zero-order valence-electron chi connectivity index (χ0n) is 15.2. The summed E-state index contributed by atoms with van der Waals surface area (Å²) >= 11 is 0. The van der Waals surface area contributed by atoms with Crippen molar-refractivity contribution in [1.29, 1.82) is 0 Å². The van der Waals surface area contributed by atoms with Gasteiger partial charge < -0.3 is 18.9 Å². The van der Waals surface area contributed by atoms with Crippen molar-refractivity contribution in [3.8, 4) is 0 Å². The predicted molar refractivity (Wildman–Crippen MR) is 88.1 cm³/mol. The fraction of sp³-hybridized carbons (Fsp3) is 0.800. The van der Waals surface area contributed by atoms with E-state index >= 15 is 0 Å². The van der Waals surface area contributed by atoms with Gasteiger partial charge in [-0.05, 0) is 6.04 Å². The van der Waals surface area contributed by atoms with Crippen LogP contribution in [0.5, 0.6) is 0 Å². The lowest BCUT2D eigenvalue weighted by Gasteiger charge is -2.28. The Morgan fingerprint density at radius 2 is 1.79 bits per heavy atom. The number of ether oxygens (including phenoxy) is 4. The SMILES string of the molecule is COC(=O)[C@@H]1C[C@H](OC(C)=O)[C@@H](OC)N1C(=O)OCC[Si](C)(C)C. The summed E-state index contributed by atoms with van der Waals surface area (Å²) in [6.07, 6.45) is -2.21. The number of rotatable bonds is 6. The molecule has 138 valence electrons. The van der Waals surface area contributed by atoms with Gasteiger partial charge in [0.15, 0.2) is 6.23 Å². The number of carbonyl (C=O) groups excluding carboxylic acids is 3. The third-order valence-corrected chi connectivity index (χ3v) is 5.41. The van der Waals surface area contributed by atoms with Crippen molar-refractivity contribution >= 4 is 26.1 Å². The van der Waals surface area contributed by atoms with Crippen molar-refractivity contribution in [3.05, 3.63) is 0 Å². The van der Waals surface area contributed by atoms with Gasteiger partial charge >= 0.3 is 18.0 Å². The van der Waals surface area contributed by atoms with E-state index in [0.29, 0.717) is 0 Å². The zero-order valence-corrected chi connectivity index (χ0v) is 16.2. The van der Waals surface area contributed by atoms with Crippen molar-refractivity contribution in [2.45, 2.75) is 57.4 Å². The first-order valence-electron chi connectivity index (χ1n) is 7.83. The van der Waals surface area contributed by atoms with Crippen LogP contribution in [0.3, 0.4) is 0 Å². The first-order valence-corrected chi connectivity index (χ1v) is 11.5. The molecule has 0 spiro atoms. The summed E-state index contributed by atoms with van der Waals surface area (Å²) in [5, 5.41) is 0. The molecule has 9 heteroatoms. The largest absolute Gasteiger partial charge is 0.467 e. The molecule has 0 aliphatic carbocycles. The van der Waals surface area contributed by atoms with Gasteiger partial charge in [0.1, 0.15) is 12.1 Å². The molecule has 0 saturated carbocycles. The highest BCUT2D eigenvalue weighted by molar-refractivity contribution is 6.76. The van der Waals surface area contributed by atoms with Crippen LogP contribution in [-0.4, -0.2) is 70.2 Å². The number of nitrogens with zero attached hydrogens (tertiary/aromatic N) is 1. The third-order valence-electron chi connectivity index (χ3n) is 3.70. The Labute approximate surface area is 143 Å². The minimum Gasteiger partial charge on any atom is -0.467 e. The summed E-state index contributed by atoms with van der Waals surface area (Å²) in [4.78, 5) is 36.8. The molecule has 8 nitrogen and oxygen atoms in total. The Bertz CT molecular complexity index is 477. The van der Waals surface area contributed by atoms with Gasteiger partial charge in [-0.3, -0.25) is 9.69 Å². The van der Waals surface area contributed by atoms with Crippen LogP contribution < -0.4 is 0 Å². The number of hydrogen-bond donors (Lipinski definition) is 0. The number of carbonyl (C=O) groups is 3. The van der Waals surface area contributed by atoms with Crippen LogP contribution in [0.25, 0.3) is 0 Å². The molecule has 1 fully saturated rings. The molecule has 0 aromatic heterocycles. The van der Waals surface area contributed by atoms with Crippen molar-refractivity contribution in [1.82, 2.24) is 4.90 Å². The molecule has 0 N–H and O–H groups in total. The molecule has 1 heterocycles. The van der Waals surface area contributed by atoms with Gasteiger partial charge in [-0.1, -0.05) is 19.6 Å². The third kappa shape index (κ3) is 5.48. The van der Waals surface area contributed by atoms with E-state index in [1.807, 2.05) is 0 Å². The summed E-state index contributed by atoms with van der Waals surface area (Å²) in [5.74, 6) is -1.12. The molecule has 1 aliphatic heterocycles. The Morgan fingerprint density at radius 3 is 2.25 bits per heavy atom. The minimum atomic E-state index is -1.36. The van der Waals surface area contributed by atoms with Crippen LogP contribution in [0.1, 0.15) is 13.3 Å². The van der Waals surface area contributed by atoms with E-state index in [2.05, 4.69) is 19.6 Å². The Balaban J connectivity index is 2.88. The van der Waals surface area contributed by atoms with Crippen molar-refractivity contribution in [3.63, 3.8) is 0 Å². The van der Waals surface area contributed by atoms with E-state index < -0.39 is 44.5 Å². The highest BCUT2D eigenvalue weighted by Gasteiger charge is 2.50. The van der Waals surface area contributed by atoms with E-state index in [-0.39, 0.29) is 13.0 Å². The Hall–Kier alpha value is -1.61. The van der Waals surface area contributed by atoms with Crippen LogP contribution in [0, 0.1) is 0 Å². The maximum Gasteiger partial charge on any atom is 0.412 e. The molecule has 24 heavy (non-hydrogen) atoms. The molecule has 0 unspecified atom stereocenters. The molecule has 0 bridgehead atoms. The average Bonchev–Trinajstić information content (AvgIpc) is 2.82. The van der Waals surface area contributed by atoms with Gasteiger partial charge in [-0.15, -0.1) is 0 Å². The van der Waals surface area contributed by atoms with E-state index in [1.165, 1.54) is 21.1 Å². The van der Waals surface area contributed by atoms with Gasteiger partial charge in [0.25, 0.3) is 0 Å². The number of amides is 1. The van der Waals surface area contributed by atoms with Gasteiger partial charge in [0.2, 0.25) is 0 Å². The summed E-state index contributed by atoms with van der Waals surface area (Å²) in [5.41, 5.74) is 0. The maximum atomic E-state index is 12.5. The topological polar surface area (TPSA) is 91.4 Å². The van der Waals surface area contributed by atoms with E-state index in [0.717, 1.165) is 10.9 Å². The maximum absolute atomic E-state index is 12.5. The fourth-order valence-electron chi connectivity index (χ4n) is 2.49. The van der Waals surface area contributed by atoms with E-state index in [4.69, 9.17) is 18.9 Å². The summed E-state index contributed by atoms with van der Waals surface area (Å²) < 4.78 is 20.5. The van der Waals surface area contributed by atoms with Gasteiger partial charge in [0, 0.05) is 28.5 Å². The van der Waals surface area contributed by atoms with Crippen LogP contribution in [-0.2, 0) is 28.5 Å². The smallest absolute Gasteiger partial charge is 0.412 e. The normalized spacial score (nSPS) is 23.8. The monoisotopic (exact) mass is 361 g/mol. The standard InChI is InChI=1S/C15H27NO7Si/c1-10(17)23-12-9-11(14(18)21-3)16(13(12)20-2)15(19)22-7-8-24(4,5)6/h11-13H,7-9H2,1-6H3/t11-,12-,13+/m0/s1. The number of likely N-dealkylation sites (tertiary alicyclic amines) is 1. The predicted octanol–water partition coefficient (Wildman–Crippen LogP) is 1.61. The Morgan fingerprint density at radius 1 is 1.17 bits per heavy atom. The lowest BCUT2D eigenvalue weighted by molar-refractivity contribution is -0.156. The molecule has 0 aromatic rings. The highest BCUT2D eigenvalue weighted by Crippen LogP contribution is 2.29. The van der Waals surface area contributed by atoms with E-state index in [9.17, 15) is 14.4 Å².